The molecule has 0 aromatic heterocycles. The van der Waals surface area contributed by atoms with Crippen molar-refractivity contribution in [3.8, 4) is 11.1 Å². The fraction of sp³-hybridized carbons (Fsp3) is 0.381. The first-order valence-electron chi connectivity index (χ1n) is 8.92. The highest BCUT2D eigenvalue weighted by Gasteiger charge is 2.29. The number of hydrogen-bond acceptors (Lipinski definition) is 4. The smallest absolute Gasteiger partial charge is 0.194 e. The molecule has 0 amide bonds. The highest BCUT2D eigenvalue weighted by molar-refractivity contribution is 8.00. The van der Waals surface area contributed by atoms with E-state index in [-0.39, 0.29) is 5.78 Å². The normalized spacial score (nSPS) is 18.7. The summed E-state index contributed by atoms with van der Waals surface area (Å²) in [6.45, 7) is 4.72. The van der Waals surface area contributed by atoms with Crippen LogP contribution in [-0.2, 0) is 3.74 Å². The Morgan fingerprint density at radius 1 is 0.962 bits per heavy atom. The molecule has 0 aliphatic heterocycles. The molecule has 136 valence electrons. The van der Waals surface area contributed by atoms with Gasteiger partial charge < -0.3 is 0 Å². The van der Waals surface area contributed by atoms with E-state index in [2.05, 4.69) is 35.8 Å². The summed E-state index contributed by atoms with van der Waals surface area (Å²) in [5.41, 5.74) is 4.06. The minimum absolute atomic E-state index is 0.0965. The molecule has 5 heteroatoms. The Labute approximate surface area is 168 Å². The lowest BCUT2D eigenvalue weighted by atomic mass is 9.77. The van der Waals surface area contributed by atoms with Crippen molar-refractivity contribution in [3.05, 3.63) is 47.5 Å². The third-order valence-corrected chi connectivity index (χ3v) is 7.51. The van der Waals surface area contributed by atoms with Crippen molar-refractivity contribution in [2.24, 2.45) is 5.41 Å². The van der Waals surface area contributed by atoms with Gasteiger partial charge in [0.2, 0.25) is 0 Å². The third-order valence-electron chi connectivity index (χ3n) is 5.48. The van der Waals surface area contributed by atoms with Crippen LogP contribution in [0.2, 0.25) is 0 Å². The van der Waals surface area contributed by atoms with Crippen LogP contribution in [0.5, 0.6) is 0 Å². The minimum Gasteiger partial charge on any atom is -0.289 e. The molecule has 2 aromatic carbocycles. The average molecular weight is 405 g/mol. The molecule has 1 saturated carbocycles. The molecular weight excluding hydrogens is 384 g/mol. The average Bonchev–Trinajstić information content (AvgIpc) is 2.89. The first kappa shape index (κ1) is 18.4. The molecule has 0 atom stereocenters. The van der Waals surface area contributed by atoms with Crippen molar-refractivity contribution in [3.63, 3.8) is 0 Å². The molecule has 4 rings (SSSR count). The van der Waals surface area contributed by atoms with Gasteiger partial charge in [-0.25, -0.2) is 3.74 Å². The minimum atomic E-state index is 0.0965. The molecule has 0 N–H and O–H groups in total. The maximum Gasteiger partial charge on any atom is 0.194 e. The number of ketones is 1. The number of fused-ring (bicyclic) bond motifs is 3. The van der Waals surface area contributed by atoms with E-state index in [1.807, 2.05) is 30.0 Å². The van der Waals surface area contributed by atoms with Crippen molar-refractivity contribution in [1.82, 2.24) is 0 Å². The molecule has 0 spiro atoms. The summed E-state index contributed by atoms with van der Waals surface area (Å²) in [5, 5.41) is 0.656. The Hall–Kier alpha value is -0.940. The Morgan fingerprint density at radius 2 is 1.54 bits per heavy atom. The summed E-state index contributed by atoms with van der Waals surface area (Å²) < 4.78 is 4.59. The number of halogens is 1. The fourth-order valence-electron chi connectivity index (χ4n) is 3.88. The molecular formula is C21H21ClO2S2. The number of carbonyl (C=O) groups excluding carboxylic acids is 1. The zero-order valence-corrected chi connectivity index (χ0v) is 17.3. The highest BCUT2D eigenvalue weighted by atomic mass is 35.5. The molecule has 0 radical (unpaired) electrons. The molecule has 1 fully saturated rings. The molecule has 0 bridgehead atoms. The van der Waals surface area contributed by atoms with E-state index in [1.54, 1.807) is 0 Å². The predicted octanol–water partition coefficient (Wildman–Crippen LogP) is 7.14. The van der Waals surface area contributed by atoms with Crippen molar-refractivity contribution < 1.29 is 8.53 Å². The number of hydrogen-bond donors (Lipinski definition) is 0. The Balaban J connectivity index is 1.55. The lowest BCUT2D eigenvalue weighted by Gasteiger charge is -2.34. The lowest BCUT2D eigenvalue weighted by molar-refractivity contribution is 0.104. The second-order valence-corrected chi connectivity index (χ2v) is 10.4. The second kappa shape index (κ2) is 7.23. The molecule has 2 aromatic rings. The van der Waals surface area contributed by atoms with Gasteiger partial charge in [0, 0.05) is 26.2 Å². The van der Waals surface area contributed by atoms with Crippen LogP contribution in [0.1, 0.15) is 55.5 Å². The first-order chi connectivity index (χ1) is 12.5. The van der Waals surface area contributed by atoms with Crippen molar-refractivity contribution in [2.75, 3.05) is 0 Å². The van der Waals surface area contributed by atoms with E-state index in [1.165, 1.54) is 30.6 Å². The topological polar surface area (TPSA) is 26.3 Å². The first-order valence-corrected chi connectivity index (χ1v) is 10.8. The largest absolute Gasteiger partial charge is 0.289 e. The van der Waals surface area contributed by atoms with Gasteiger partial charge in [-0.2, -0.15) is 0 Å². The van der Waals surface area contributed by atoms with E-state index < -0.39 is 0 Å². The van der Waals surface area contributed by atoms with Crippen molar-refractivity contribution in [1.29, 1.82) is 0 Å². The summed E-state index contributed by atoms with van der Waals surface area (Å²) in [6.07, 6.45) is 5.07. The van der Waals surface area contributed by atoms with Gasteiger partial charge in [0.1, 0.15) is 0 Å². The molecule has 2 nitrogen and oxygen atoms in total. The van der Waals surface area contributed by atoms with Gasteiger partial charge in [-0.3, -0.25) is 4.79 Å². The van der Waals surface area contributed by atoms with Gasteiger partial charge in [0.05, 0.1) is 23.9 Å². The molecule has 2 aliphatic rings. The summed E-state index contributed by atoms with van der Waals surface area (Å²) in [6, 6.07) is 12.1. The quantitative estimate of drug-likeness (QED) is 0.432. The van der Waals surface area contributed by atoms with Crippen molar-refractivity contribution in [2.45, 2.75) is 54.6 Å². The zero-order chi connectivity index (χ0) is 18.3. The molecule has 0 unspecified atom stereocenters. The monoisotopic (exact) mass is 404 g/mol. The summed E-state index contributed by atoms with van der Waals surface area (Å²) in [4.78, 5) is 14.9. The van der Waals surface area contributed by atoms with Gasteiger partial charge in [-0.1, -0.05) is 26.0 Å². The van der Waals surface area contributed by atoms with Gasteiger partial charge in [0.15, 0.2) is 5.78 Å². The Kier molecular flexibility index (Phi) is 5.13. The standard InChI is InChI=1S/C21H21ClO2S2/c1-21(2)9-7-13(8-10-21)25-14-3-5-16-17-6-4-15(26-24-22)12-19(17)20(23)18(16)11-14/h3-6,11-13H,7-10H2,1-2H3. The molecule has 0 heterocycles. The fourth-order valence-corrected chi connectivity index (χ4v) is 5.65. The number of carbonyl (C=O) groups is 1. The number of benzene rings is 2. The number of thioether (sulfide) groups is 1. The lowest BCUT2D eigenvalue weighted by Crippen LogP contribution is -2.22. The van der Waals surface area contributed by atoms with E-state index in [4.69, 9.17) is 11.9 Å². The molecule has 2 aliphatic carbocycles. The maximum atomic E-state index is 12.9. The van der Waals surface area contributed by atoms with Crippen molar-refractivity contribution >= 4 is 41.5 Å². The Morgan fingerprint density at radius 3 is 2.15 bits per heavy atom. The second-order valence-electron chi connectivity index (χ2n) is 7.87. The van der Waals surface area contributed by atoms with E-state index >= 15 is 0 Å². The molecule has 26 heavy (non-hydrogen) atoms. The van der Waals surface area contributed by atoms with Gasteiger partial charge >= 0.3 is 0 Å². The predicted molar refractivity (Wildman–Crippen MR) is 110 cm³/mol. The van der Waals surface area contributed by atoms with Crippen LogP contribution in [-0.4, -0.2) is 11.0 Å². The maximum absolute atomic E-state index is 12.9. The highest BCUT2D eigenvalue weighted by Crippen LogP contribution is 2.44. The van der Waals surface area contributed by atoms with Crippen LogP contribution < -0.4 is 0 Å². The number of rotatable bonds is 4. The molecule has 0 saturated heterocycles. The van der Waals surface area contributed by atoms with Gasteiger partial charge in [-0.05, 0) is 66.5 Å². The van der Waals surface area contributed by atoms with Crippen LogP contribution in [0.15, 0.2) is 46.2 Å². The van der Waals surface area contributed by atoms with Crippen LogP contribution in [0, 0.1) is 5.41 Å². The zero-order valence-electron chi connectivity index (χ0n) is 14.9. The third kappa shape index (κ3) is 3.57. The van der Waals surface area contributed by atoms with Gasteiger partial charge in [-0.15, -0.1) is 11.8 Å². The van der Waals surface area contributed by atoms with E-state index in [9.17, 15) is 4.79 Å². The Bertz CT molecular complexity index is 853. The summed E-state index contributed by atoms with van der Waals surface area (Å²) in [7, 11) is 0. The van der Waals surface area contributed by atoms with Gasteiger partial charge in [0.25, 0.3) is 0 Å². The van der Waals surface area contributed by atoms with Crippen LogP contribution >= 0.6 is 35.7 Å². The van der Waals surface area contributed by atoms with Crippen LogP contribution in [0.4, 0.5) is 0 Å². The SMILES string of the molecule is CC1(C)CCC(Sc2ccc3c(c2)C(=O)c2cc(SOCl)ccc2-3)CC1. The summed E-state index contributed by atoms with van der Waals surface area (Å²) >= 11 is 8.31. The van der Waals surface area contributed by atoms with Crippen LogP contribution in [0.3, 0.4) is 0 Å². The van der Waals surface area contributed by atoms with Crippen LogP contribution in [0.25, 0.3) is 11.1 Å². The summed E-state index contributed by atoms with van der Waals surface area (Å²) in [5.74, 6) is 0.0965. The van der Waals surface area contributed by atoms with E-state index in [0.717, 1.165) is 39.2 Å². The van der Waals surface area contributed by atoms with E-state index in [0.29, 0.717) is 10.7 Å².